The Morgan fingerprint density at radius 2 is 2.27 bits per heavy atom. The molecule has 0 radical (unpaired) electrons. The monoisotopic (exact) mass is 172 g/mol. The van der Waals surface area contributed by atoms with E-state index in [9.17, 15) is 4.79 Å². The molecule has 1 atom stereocenters. The molecule has 0 heterocycles. The number of hydrogen-bond acceptors (Lipinski definition) is 1. The molecule has 0 bridgehead atoms. The van der Waals surface area contributed by atoms with E-state index < -0.39 is 0 Å². The Morgan fingerprint density at radius 3 is 2.73 bits per heavy atom. The van der Waals surface area contributed by atoms with E-state index in [4.69, 9.17) is 11.6 Å². The number of halogens is 1. The van der Waals surface area contributed by atoms with E-state index in [2.05, 4.69) is 13.0 Å². The molecule has 2 heteroatoms. The van der Waals surface area contributed by atoms with E-state index in [0.717, 1.165) is 6.42 Å². The maximum atomic E-state index is 9.98. The second-order valence-electron chi connectivity index (χ2n) is 2.46. The number of rotatable bonds is 4. The van der Waals surface area contributed by atoms with Gasteiger partial charge in [-0.25, -0.2) is 0 Å². The minimum atomic E-state index is 0.406. The van der Waals surface area contributed by atoms with Crippen LogP contribution in [0, 0.1) is 5.92 Å². The molecule has 0 N–H and O–H groups in total. The van der Waals surface area contributed by atoms with Crippen molar-refractivity contribution in [1.82, 2.24) is 0 Å². The summed E-state index contributed by atoms with van der Waals surface area (Å²) in [5, 5.41) is 0.616. The maximum absolute atomic E-state index is 9.98. The first-order chi connectivity index (χ1) is 5.20. The molecule has 0 aromatic carbocycles. The fourth-order valence-electron chi connectivity index (χ4n) is 0.846. The Hall–Kier alpha value is -0.560. The van der Waals surface area contributed by atoms with Crippen LogP contribution in [0.5, 0.6) is 0 Å². The van der Waals surface area contributed by atoms with Crippen LogP contribution in [-0.4, -0.2) is 6.29 Å². The van der Waals surface area contributed by atoms with Gasteiger partial charge in [0.05, 0.1) is 0 Å². The van der Waals surface area contributed by atoms with Crippen molar-refractivity contribution in [2.45, 2.75) is 20.3 Å². The standard InChI is InChI=1S/C9H13ClO/c1-3-4-8(2)7-9(10)5-6-11/h3-6,8H,7H2,1-2H3/b4-3+,9-5-. The Bertz CT molecular complexity index is 170. The molecular formula is C9H13ClO. The van der Waals surface area contributed by atoms with Crippen molar-refractivity contribution in [3.8, 4) is 0 Å². The predicted octanol–water partition coefficient (Wildman–Crippen LogP) is 2.91. The lowest BCUT2D eigenvalue weighted by Gasteiger charge is -2.02. The highest BCUT2D eigenvalue weighted by molar-refractivity contribution is 6.30. The van der Waals surface area contributed by atoms with Gasteiger partial charge in [0.1, 0.15) is 6.29 Å². The molecule has 0 aliphatic heterocycles. The second kappa shape index (κ2) is 6.17. The summed E-state index contributed by atoms with van der Waals surface area (Å²) in [7, 11) is 0. The lowest BCUT2D eigenvalue weighted by atomic mass is 10.1. The summed E-state index contributed by atoms with van der Waals surface area (Å²) in [6, 6.07) is 0. The molecule has 11 heavy (non-hydrogen) atoms. The molecular weight excluding hydrogens is 160 g/mol. The first-order valence-electron chi connectivity index (χ1n) is 3.63. The molecule has 0 amide bonds. The van der Waals surface area contributed by atoms with Gasteiger partial charge in [0, 0.05) is 5.03 Å². The zero-order valence-corrected chi connectivity index (χ0v) is 7.64. The highest BCUT2D eigenvalue weighted by Gasteiger charge is 1.98. The van der Waals surface area contributed by atoms with Gasteiger partial charge in [-0.1, -0.05) is 30.7 Å². The Labute approximate surface area is 72.7 Å². The topological polar surface area (TPSA) is 17.1 Å². The van der Waals surface area contributed by atoms with Gasteiger partial charge in [0.25, 0.3) is 0 Å². The average Bonchev–Trinajstić information content (AvgIpc) is 1.87. The van der Waals surface area contributed by atoms with Gasteiger partial charge in [0.2, 0.25) is 0 Å². The molecule has 1 unspecified atom stereocenters. The SMILES string of the molecule is C/C=C/C(C)C/C(Cl)=C/C=O. The van der Waals surface area contributed by atoms with Crippen molar-refractivity contribution in [3.63, 3.8) is 0 Å². The quantitative estimate of drug-likeness (QED) is 0.362. The third kappa shape index (κ3) is 5.86. The van der Waals surface area contributed by atoms with Crippen LogP contribution >= 0.6 is 11.6 Å². The number of carbonyl (C=O) groups excluding carboxylic acids is 1. The van der Waals surface area contributed by atoms with E-state index in [1.165, 1.54) is 6.08 Å². The largest absolute Gasteiger partial charge is 0.299 e. The van der Waals surface area contributed by atoms with Crippen molar-refractivity contribution in [1.29, 1.82) is 0 Å². The zero-order chi connectivity index (χ0) is 8.69. The van der Waals surface area contributed by atoms with Gasteiger partial charge >= 0.3 is 0 Å². The third-order valence-corrected chi connectivity index (χ3v) is 1.57. The summed E-state index contributed by atoms with van der Waals surface area (Å²) < 4.78 is 0. The van der Waals surface area contributed by atoms with Crippen molar-refractivity contribution >= 4 is 17.9 Å². The lowest BCUT2D eigenvalue weighted by Crippen LogP contribution is -1.88. The molecule has 0 saturated carbocycles. The van der Waals surface area contributed by atoms with Gasteiger partial charge < -0.3 is 0 Å². The minimum Gasteiger partial charge on any atom is -0.299 e. The predicted molar refractivity (Wildman–Crippen MR) is 48.6 cm³/mol. The lowest BCUT2D eigenvalue weighted by molar-refractivity contribution is -0.104. The van der Waals surface area contributed by atoms with Gasteiger partial charge in [0.15, 0.2) is 0 Å². The molecule has 1 nitrogen and oxygen atoms in total. The Kier molecular flexibility index (Phi) is 5.86. The van der Waals surface area contributed by atoms with Crippen molar-refractivity contribution in [3.05, 3.63) is 23.3 Å². The highest BCUT2D eigenvalue weighted by Crippen LogP contribution is 2.15. The average molecular weight is 173 g/mol. The van der Waals surface area contributed by atoms with E-state index in [-0.39, 0.29) is 0 Å². The number of aldehydes is 1. The van der Waals surface area contributed by atoms with Gasteiger partial charge in [-0.15, -0.1) is 0 Å². The molecule has 0 aliphatic carbocycles. The van der Waals surface area contributed by atoms with Crippen LogP contribution < -0.4 is 0 Å². The molecule has 0 aliphatic rings. The van der Waals surface area contributed by atoms with Gasteiger partial charge in [-0.3, -0.25) is 4.79 Å². The minimum absolute atomic E-state index is 0.406. The Balaban J connectivity index is 3.83. The zero-order valence-electron chi connectivity index (χ0n) is 6.88. The van der Waals surface area contributed by atoms with Crippen LogP contribution in [-0.2, 0) is 4.79 Å². The summed E-state index contributed by atoms with van der Waals surface area (Å²) in [4.78, 5) is 9.98. The molecule has 0 fully saturated rings. The molecule has 0 aromatic rings. The Morgan fingerprint density at radius 1 is 1.64 bits per heavy atom. The highest BCUT2D eigenvalue weighted by atomic mass is 35.5. The van der Waals surface area contributed by atoms with Crippen LogP contribution in [0.3, 0.4) is 0 Å². The van der Waals surface area contributed by atoms with Gasteiger partial charge in [-0.05, 0) is 25.3 Å². The number of allylic oxidation sites excluding steroid dienone is 4. The van der Waals surface area contributed by atoms with E-state index in [1.807, 2.05) is 13.0 Å². The van der Waals surface area contributed by atoms with Crippen LogP contribution in [0.25, 0.3) is 0 Å². The molecule has 0 aromatic heterocycles. The number of carbonyl (C=O) groups is 1. The normalized spacial score (nSPS) is 15.4. The maximum Gasteiger partial charge on any atom is 0.143 e. The summed E-state index contributed by atoms with van der Waals surface area (Å²) in [6.07, 6.45) is 6.88. The summed E-state index contributed by atoms with van der Waals surface area (Å²) in [6.45, 7) is 4.02. The van der Waals surface area contributed by atoms with Crippen molar-refractivity contribution in [2.24, 2.45) is 5.92 Å². The summed E-state index contributed by atoms with van der Waals surface area (Å²) in [5.41, 5.74) is 0. The van der Waals surface area contributed by atoms with Crippen LogP contribution in [0.1, 0.15) is 20.3 Å². The van der Waals surface area contributed by atoms with E-state index >= 15 is 0 Å². The number of hydrogen-bond donors (Lipinski definition) is 0. The van der Waals surface area contributed by atoms with Crippen molar-refractivity contribution < 1.29 is 4.79 Å². The molecule has 62 valence electrons. The van der Waals surface area contributed by atoms with Crippen molar-refractivity contribution in [2.75, 3.05) is 0 Å². The molecule has 0 spiro atoms. The first kappa shape index (κ1) is 10.4. The summed E-state index contributed by atoms with van der Waals surface area (Å²) >= 11 is 5.71. The van der Waals surface area contributed by atoms with Crippen LogP contribution in [0.4, 0.5) is 0 Å². The van der Waals surface area contributed by atoms with E-state index in [1.54, 1.807) is 0 Å². The third-order valence-electron chi connectivity index (χ3n) is 1.29. The fraction of sp³-hybridized carbons (Fsp3) is 0.444. The first-order valence-corrected chi connectivity index (χ1v) is 4.01. The van der Waals surface area contributed by atoms with Crippen LogP contribution in [0.15, 0.2) is 23.3 Å². The van der Waals surface area contributed by atoms with Gasteiger partial charge in [-0.2, -0.15) is 0 Å². The summed E-state index contributed by atoms with van der Waals surface area (Å²) in [5.74, 6) is 0.406. The van der Waals surface area contributed by atoms with Crippen LogP contribution in [0.2, 0.25) is 0 Å². The molecule has 0 rings (SSSR count). The molecule has 0 saturated heterocycles. The smallest absolute Gasteiger partial charge is 0.143 e. The second-order valence-corrected chi connectivity index (χ2v) is 2.94. The van der Waals surface area contributed by atoms with E-state index in [0.29, 0.717) is 17.2 Å². The fourth-order valence-corrected chi connectivity index (χ4v) is 1.14.